The molecule has 282 valence electrons. The van der Waals surface area contributed by atoms with E-state index in [2.05, 4.69) is 76.5 Å². The Morgan fingerprint density at radius 2 is 1.59 bits per heavy atom. The molecule has 5 aliphatic carbocycles. The molecule has 1 heterocycles. The van der Waals surface area contributed by atoms with E-state index in [9.17, 15) is 23.8 Å². The number of nitrogens with one attached hydrogen (secondary N) is 1. The standard InChI is InChI=1S/C44H64F2N2O3/c1-28(2)31-14-19-43(38(51)47-24-27-48-25-22-44(45,46)23-26-48)21-20-41(6)33(36(31)43)12-13-35-40(5)17-15-32(29-8-10-30(11-9-29)37(49)50)39(3,4)34(40)16-18-42(35,41)7/h8-11,15,31,33-37,49-50H,1,12-14,16-27H2,2-7H3,(H,47,51)/t31-,33+,34-,35+,36+,40-,41+,42+,43-/m0/s1. The van der Waals surface area contributed by atoms with Gasteiger partial charge >= 0.3 is 0 Å². The molecule has 0 bridgehead atoms. The average Bonchev–Trinajstić information content (AvgIpc) is 3.47. The molecule has 1 saturated heterocycles. The number of carbonyl (C=O) groups excluding carboxylic acids is 1. The molecule has 1 aliphatic heterocycles. The van der Waals surface area contributed by atoms with Crippen molar-refractivity contribution in [2.45, 2.75) is 124 Å². The number of carbonyl (C=O) groups is 1. The lowest BCUT2D eigenvalue weighted by Crippen LogP contribution is -2.66. The van der Waals surface area contributed by atoms with Crippen molar-refractivity contribution < 1.29 is 23.8 Å². The normalized spacial score (nSPS) is 41.5. The maximum absolute atomic E-state index is 14.5. The Morgan fingerprint density at radius 3 is 2.24 bits per heavy atom. The first-order valence-corrected chi connectivity index (χ1v) is 20.1. The average molecular weight is 707 g/mol. The number of piperidine rings is 1. The quantitative estimate of drug-likeness (QED) is 0.195. The van der Waals surface area contributed by atoms with Crippen LogP contribution in [0.25, 0.3) is 5.57 Å². The predicted molar refractivity (Wildman–Crippen MR) is 200 cm³/mol. The zero-order chi connectivity index (χ0) is 36.8. The Hall–Kier alpha value is -2.09. The second-order valence-corrected chi connectivity index (χ2v) is 19.3. The molecule has 1 amide bonds. The van der Waals surface area contributed by atoms with Gasteiger partial charge in [0.25, 0.3) is 5.92 Å². The lowest BCUT2D eigenvalue weighted by Gasteiger charge is -2.72. The molecule has 0 radical (unpaired) electrons. The molecule has 9 atom stereocenters. The maximum Gasteiger partial charge on any atom is 0.250 e. The maximum atomic E-state index is 14.5. The summed E-state index contributed by atoms with van der Waals surface area (Å²) in [4.78, 5) is 16.5. The fourth-order valence-electron chi connectivity index (χ4n) is 14.1. The van der Waals surface area contributed by atoms with Gasteiger partial charge in [-0.05, 0) is 127 Å². The van der Waals surface area contributed by atoms with Crippen LogP contribution < -0.4 is 5.32 Å². The molecule has 3 N–H and O–H groups in total. The largest absolute Gasteiger partial charge is 0.364 e. The van der Waals surface area contributed by atoms with E-state index in [1.54, 1.807) is 0 Å². The molecule has 7 rings (SSSR count). The lowest BCUT2D eigenvalue weighted by atomic mass is 9.32. The lowest BCUT2D eigenvalue weighted by molar-refractivity contribution is -0.225. The van der Waals surface area contributed by atoms with Crippen molar-refractivity contribution in [3.05, 3.63) is 53.6 Å². The van der Waals surface area contributed by atoms with Gasteiger partial charge in [0.05, 0.1) is 5.41 Å². The van der Waals surface area contributed by atoms with Crippen molar-refractivity contribution in [3.63, 3.8) is 0 Å². The van der Waals surface area contributed by atoms with Crippen LogP contribution in [0, 0.1) is 56.7 Å². The summed E-state index contributed by atoms with van der Waals surface area (Å²) in [5, 5.41) is 22.7. The number of hydrogen-bond donors (Lipinski definition) is 3. The zero-order valence-electron chi connectivity index (χ0n) is 32.2. The van der Waals surface area contributed by atoms with Crippen LogP contribution in [0.4, 0.5) is 8.78 Å². The van der Waals surface area contributed by atoms with Gasteiger partial charge in [0.2, 0.25) is 5.91 Å². The van der Waals surface area contributed by atoms with Gasteiger partial charge in [-0.3, -0.25) is 4.79 Å². The number of rotatable bonds is 7. The Balaban J connectivity index is 1.13. The molecule has 0 spiro atoms. The summed E-state index contributed by atoms with van der Waals surface area (Å²) >= 11 is 0. The molecule has 0 aromatic heterocycles. The monoisotopic (exact) mass is 706 g/mol. The van der Waals surface area contributed by atoms with E-state index in [1.807, 2.05) is 12.1 Å². The third-order valence-corrected chi connectivity index (χ3v) is 16.9. The highest BCUT2D eigenvalue weighted by Gasteiger charge is 2.71. The number of halogens is 2. The number of alkyl halides is 2. The summed E-state index contributed by atoms with van der Waals surface area (Å²) in [5.74, 6) is -0.0969. The number of benzene rings is 1. The summed E-state index contributed by atoms with van der Waals surface area (Å²) in [5.41, 5.74) is 4.39. The van der Waals surface area contributed by atoms with Crippen molar-refractivity contribution in [1.82, 2.24) is 10.2 Å². The van der Waals surface area contributed by atoms with Crippen molar-refractivity contribution in [2.24, 2.45) is 56.7 Å². The van der Waals surface area contributed by atoms with Gasteiger partial charge in [0.15, 0.2) is 6.29 Å². The third-order valence-electron chi connectivity index (χ3n) is 16.9. The van der Waals surface area contributed by atoms with Crippen LogP contribution in [0.2, 0.25) is 0 Å². The summed E-state index contributed by atoms with van der Waals surface area (Å²) in [6.45, 7) is 21.4. The Kier molecular flexibility index (Phi) is 9.31. The van der Waals surface area contributed by atoms with E-state index in [0.717, 1.165) is 38.5 Å². The van der Waals surface area contributed by atoms with Gasteiger partial charge in [-0.1, -0.05) is 77.1 Å². The number of aliphatic hydroxyl groups is 2. The van der Waals surface area contributed by atoms with Gasteiger partial charge in [-0.25, -0.2) is 8.78 Å². The summed E-state index contributed by atoms with van der Waals surface area (Å²) in [7, 11) is 0. The SMILES string of the molecule is C=C(C)[C@@H]1CC[C@]2(C(=O)NCCN3CCC(F)(F)CC3)CC[C@]3(C)[C@H](CC[C@@H]4[C@@]5(C)CC=C(c6ccc(C(O)O)cc6)C(C)(C)[C@@H]5CC[C@]43C)[C@@H]12. The van der Waals surface area contributed by atoms with Gasteiger partial charge < -0.3 is 20.4 Å². The van der Waals surface area contributed by atoms with Crippen molar-refractivity contribution in [2.75, 3.05) is 26.2 Å². The van der Waals surface area contributed by atoms with Crippen LogP contribution >= 0.6 is 0 Å². The molecule has 0 unspecified atom stereocenters. The molecule has 7 heteroatoms. The number of aliphatic hydroxyl groups excluding tert-OH is 1. The van der Waals surface area contributed by atoms with Crippen LogP contribution in [0.1, 0.15) is 130 Å². The first kappa shape index (κ1) is 37.2. The number of allylic oxidation sites excluding steroid dienone is 3. The molecule has 5 fully saturated rings. The summed E-state index contributed by atoms with van der Waals surface area (Å²) in [6.07, 6.45) is 10.6. The summed E-state index contributed by atoms with van der Waals surface area (Å²) < 4.78 is 27.5. The molecule has 4 saturated carbocycles. The van der Waals surface area contributed by atoms with Gasteiger partial charge in [0, 0.05) is 44.6 Å². The predicted octanol–water partition coefficient (Wildman–Crippen LogP) is 9.17. The second kappa shape index (κ2) is 12.8. The van der Waals surface area contributed by atoms with E-state index in [4.69, 9.17) is 0 Å². The van der Waals surface area contributed by atoms with Gasteiger partial charge in [-0.15, -0.1) is 0 Å². The topological polar surface area (TPSA) is 72.8 Å². The smallest absolute Gasteiger partial charge is 0.250 e. The minimum absolute atomic E-state index is 0.0171. The second-order valence-electron chi connectivity index (χ2n) is 19.3. The highest BCUT2D eigenvalue weighted by Crippen LogP contribution is 2.77. The first-order valence-electron chi connectivity index (χ1n) is 20.1. The van der Waals surface area contributed by atoms with Crippen LogP contribution in [0.5, 0.6) is 0 Å². The van der Waals surface area contributed by atoms with Gasteiger partial charge in [-0.2, -0.15) is 0 Å². The zero-order valence-corrected chi connectivity index (χ0v) is 32.2. The molecular formula is C44H64F2N2O3. The van der Waals surface area contributed by atoms with E-state index >= 15 is 0 Å². The highest BCUT2D eigenvalue weighted by atomic mass is 19.3. The number of nitrogens with zero attached hydrogens (tertiary/aromatic N) is 1. The van der Waals surface area contributed by atoms with Crippen LogP contribution in [-0.2, 0) is 4.79 Å². The number of fused-ring (bicyclic) bond motifs is 7. The summed E-state index contributed by atoms with van der Waals surface area (Å²) in [6, 6.07) is 7.80. The van der Waals surface area contributed by atoms with E-state index in [0.29, 0.717) is 61.3 Å². The molecule has 5 nitrogen and oxygen atoms in total. The van der Waals surface area contributed by atoms with E-state index in [-0.39, 0.29) is 45.8 Å². The molecule has 1 aromatic carbocycles. The third kappa shape index (κ3) is 5.72. The van der Waals surface area contributed by atoms with Crippen molar-refractivity contribution in [1.29, 1.82) is 0 Å². The Labute approximate surface area is 305 Å². The number of amides is 1. The highest BCUT2D eigenvalue weighted by molar-refractivity contribution is 5.84. The van der Waals surface area contributed by atoms with E-state index in [1.165, 1.54) is 36.0 Å². The number of hydrogen-bond acceptors (Lipinski definition) is 4. The fraction of sp³-hybridized carbons (Fsp3) is 0.750. The first-order chi connectivity index (χ1) is 23.9. The molecule has 51 heavy (non-hydrogen) atoms. The van der Waals surface area contributed by atoms with Crippen LogP contribution in [-0.4, -0.2) is 53.1 Å². The fourth-order valence-corrected chi connectivity index (χ4v) is 14.1. The van der Waals surface area contributed by atoms with Crippen LogP contribution in [0.15, 0.2) is 42.5 Å². The van der Waals surface area contributed by atoms with Crippen molar-refractivity contribution >= 4 is 11.5 Å². The molecule has 1 aromatic rings. The van der Waals surface area contributed by atoms with Crippen LogP contribution in [0.3, 0.4) is 0 Å². The number of likely N-dealkylation sites (tertiary alicyclic amines) is 1. The van der Waals surface area contributed by atoms with Crippen molar-refractivity contribution in [3.8, 4) is 0 Å². The van der Waals surface area contributed by atoms with E-state index < -0.39 is 12.2 Å². The minimum Gasteiger partial charge on any atom is -0.364 e. The molecule has 6 aliphatic rings. The Bertz CT molecular complexity index is 1540. The van der Waals surface area contributed by atoms with Gasteiger partial charge in [0.1, 0.15) is 0 Å². The molecular weight excluding hydrogens is 642 g/mol. The Morgan fingerprint density at radius 1 is 0.902 bits per heavy atom. The minimum atomic E-state index is -2.55.